The van der Waals surface area contributed by atoms with Gasteiger partial charge in [0.2, 0.25) is 0 Å². The highest BCUT2D eigenvalue weighted by molar-refractivity contribution is 6.51. The minimum atomic E-state index is -4.88. The maximum atomic E-state index is 13.0. The average Bonchev–Trinajstić information content (AvgIpc) is 3.04. The lowest BCUT2D eigenvalue weighted by molar-refractivity contribution is -0.274. The molecule has 1 unspecified atom stereocenters. The number of alkyl halides is 3. The number of amides is 1. The van der Waals surface area contributed by atoms with Crippen LogP contribution in [0.1, 0.15) is 22.9 Å². The van der Waals surface area contributed by atoms with E-state index in [0.29, 0.717) is 5.69 Å². The molecule has 8 nitrogen and oxygen atoms in total. The van der Waals surface area contributed by atoms with E-state index in [2.05, 4.69) is 19.9 Å². The first-order valence-electron chi connectivity index (χ1n) is 9.53. The van der Waals surface area contributed by atoms with Crippen LogP contribution < -0.4 is 9.64 Å². The topological polar surface area (TPSA) is 106 Å². The summed E-state index contributed by atoms with van der Waals surface area (Å²) in [6.07, 6.45) is -2.08. The van der Waals surface area contributed by atoms with Crippen molar-refractivity contribution in [2.24, 2.45) is 0 Å². The van der Waals surface area contributed by atoms with Crippen LogP contribution in [0, 0.1) is 6.92 Å². The second-order valence-corrected chi connectivity index (χ2v) is 7.05. The third-order valence-electron chi connectivity index (χ3n) is 4.86. The van der Waals surface area contributed by atoms with Gasteiger partial charge in [0.25, 0.3) is 5.78 Å². The maximum Gasteiger partial charge on any atom is 0.573 e. The van der Waals surface area contributed by atoms with E-state index in [1.54, 1.807) is 13.0 Å². The first kappa shape index (κ1) is 21.9. The van der Waals surface area contributed by atoms with Gasteiger partial charge in [-0.25, -0.2) is 0 Å². The number of hydrogen-bond donors (Lipinski definition) is 1. The number of nitrogens with zero attached hydrogens (tertiary/aromatic N) is 4. The van der Waals surface area contributed by atoms with E-state index in [9.17, 15) is 27.9 Å². The number of Topliss-reactive ketones (excluding diaryl/α,β-unsaturated/α-hetero) is 1. The number of hydrogen-bond acceptors (Lipinski definition) is 7. The van der Waals surface area contributed by atoms with Crippen molar-refractivity contribution in [2.45, 2.75) is 19.3 Å². The fourth-order valence-electron chi connectivity index (χ4n) is 3.42. The van der Waals surface area contributed by atoms with Gasteiger partial charge >= 0.3 is 12.3 Å². The second-order valence-electron chi connectivity index (χ2n) is 7.05. The molecule has 1 aliphatic rings. The summed E-state index contributed by atoms with van der Waals surface area (Å²) in [5.74, 6) is -2.85. The van der Waals surface area contributed by atoms with E-state index in [0.717, 1.165) is 17.0 Å². The molecule has 1 saturated heterocycles. The van der Waals surface area contributed by atoms with Gasteiger partial charge in [0, 0.05) is 18.0 Å². The number of anilines is 1. The fourth-order valence-corrected chi connectivity index (χ4v) is 3.42. The van der Waals surface area contributed by atoms with Crippen LogP contribution in [-0.2, 0) is 9.59 Å². The molecular formula is C22H15F3N4O4. The number of aryl methyl sites for hydroxylation is 1. The summed E-state index contributed by atoms with van der Waals surface area (Å²) < 4.78 is 41.5. The van der Waals surface area contributed by atoms with E-state index in [-0.39, 0.29) is 22.5 Å². The van der Waals surface area contributed by atoms with Crippen molar-refractivity contribution in [3.63, 3.8) is 0 Å². The lowest BCUT2D eigenvalue weighted by Gasteiger charge is -2.24. The number of carbonyl (C=O) groups excluding carboxylic acids is 2. The summed E-state index contributed by atoms with van der Waals surface area (Å²) in [6, 6.07) is 9.44. The van der Waals surface area contributed by atoms with Gasteiger partial charge in [0.05, 0.1) is 17.3 Å². The summed E-state index contributed by atoms with van der Waals surface area (Å²) in [6.45, 7) is 1.69. The second kappa shape index (κ2) is 8.34. The number of aromatic nitrogens is 3. The minimum absolute atomic E-state index is 0.0390. The fraction of sp³-hybridized carbons (Fsp3) is 0.136. The number of halogens is 3. The molecule has 1 aromatic carbocycles. The van der Waals surface area contributed by atoms with Crippen LogP contribution in [0.15, 0.2) is 66.5 Å². The highest BCUT2D eigenvalue weighted by Crippen LogP contribution is 2.41. The van der Waals surface area contributed by atoms with Crippen LogP contribution in [-0.4, -0.2) is 38.3 Å². The van der Waals surface area contributed by atoms with Crippen LogP contribution >= 0.6 is 0 Å². The van der Waals surface area contributed by atoms with Crippen molar-refractivity contribution < 1.29 is 32.6 Å². The maximum absolute atomic E-state index is 13.0. The Morgan fingerprint density at radius 2 is 1.67 bits per heavy atom. The zero-order chi connectivity index (χ0) is 23.8. The first-order chi connectivity index (χ1) is 15.7. The summed E-state index contributed by atoms with van der Waals surface area (Å²) in [5.41, 5.74) is 0.803. The summed E-state index contributed by atoms with van der Waals surface area (Å²) in [7, 11) is 0. The Morgan fingerprint density at radius 3 is 2.24 bits per heavy atom. The van der Waals surface area contributed by atoms with Gasteiger partial charge < -0.3 is 9.84 Å². The highest BCUT2D eigenvalue weighted by Gasteiger charge is 2.47. The van der Waals surface area contributed by atoms with E-state index < -0.39 is 35.6 Å². The monoisotopic (exact) mass is 456 g/mol. The van der Waals surface area contributed by atoms with E-state index in [1.165, 1.54) is 42.7 Å². The molecule has 3 heterocycles. The van der Waals surface area contributed by atoms with Crippen LogP contribution in [0.3, 0.4) is 0 Å². The predicted octanol–water partition coefficient (Wildman–Crippen LogP) is 3.70. The van der Waals surface area contributed by atoms with Crippen LogP contribution in [0.2, 0.25) is 0 Å². The molecule has 0 bridgehead atoms. The molecule has 11 heteroatoms. The molecule has 0 spiro atoms. The van der Waals surface area contributed by atoms with Gasteiger partial charge in [-0.3, -0.25) is 19.5 Å². The number of benzene rings is 1. The Kier molecular flexibility index (Phi) is 5.54. The Bertz CT molecular complexity index is 1230. The van der Waals surface area contributed by atoms with Gasteiger partial charge in [-0.15, -0.1) is 18.3 Å². The van der Waals surface area contributed by atoms with Crippen LogP contribution in [0.4, 0.5) is 19.0 Å². The molecule has 1 N–H and O–H groups in total. The molecule has 1 atom stereocenters. The third kappa shape index (κ3) is 4.38. The van der Waals surface area contributed by atoms with Gasteiger partial charge in [-0.2, -0.15) is 5.10 Å². The summed E-state index contributed by atoms with van der Waals surface area (Å²) >= 11 is 0. The molecule has 33 heavy (non-hydrogen) atoms. The van der Waals surface area contributed by atoms with Gasteiger partial charge in [-0.1, -0.05) is 12.1 Å². The Morgan fingerprint density at radius 1 is 1.00 bits per heavy atom. The quantitative estimate of drug-likeness (QED) is 0.363. The van der Waals surface area contributed by atoms with Crippen LogP contribution in [0.25, 0.3) is 5.76 Å². The van der Waals surface area contributed by atoms with Gasteiger partial charge in [0.1, 0.15) is 11.5 Å². The SMILES string of the molecule is Cc1ccc(N2C(=O)C(=O)/C(=C(\O)c3ccncc3)C2c2ccc(OC(F)(F)F)cc2)nn1. The minimum Gasteiger partial charge on any atom is -0.507 e. The summed E-state index contributed by atoms with van der Waals surface area (Å²) in [5, 5.41) is 18.8. The normalized spacial score (nSPS) is 17.9. The zero-order valence-electron chi connectivity index (χ0n) is 16.9. The lowest BCUT2D eigenvalue weighted by atomic mass is 9.95. The molecule has 168 valence electrons. The zero-order valence-corrected chi connectivity index (χ0v) is 16.9. The number of rotatable bonds is 4. The van der Waals surface area contributed by atoms with Crippen LogP contribution in [0.5, 0.6) is 5.75 Å². The molecular weight excluding hydrogens is 441 g/mol. The Labute approximate surface area is 185 Å². The van der Waals surface area contributed by atoms with Gasteiger partial charge in [0.15, 0.2) is 5.82 Å². The lowest BCUT2D eigenvalue weighted by Crippen LogP contribution is -2.30. The van der Waals surface area contributed by atoms with Crippen molar-refractivity contribution in [2.75, 3.05) is 4.90 Å². The number of carbonyl (C=O) groups is 2. The number of aliphatic hydroxyl groups is 1. The van der Waals surface area contributed by atoms with Crippen molar-refractivity contribution >= 4 is 23.3 Å². The number of ketones is 1. The first-order valence-corrected chi connectivity index (χ1v) is 9.53. The molecule has 4 rings (SSSR count). The van der Waals surface area contributed by atoms with E-state index >= 15 is 0 Å². The van der Waals surface area contributed by atoms with Crippen molar-refractivity contribution in [1.82, 2.24) is 15.2 Å². The van der Waals surface area contributed by atoms with Crippen molar-refractivity contribution in [3.8, 4) is 5.75 Å². The molecule has 1 amide bonds. The largest absolute Gasteiger partial charge is 0.573 e. The molecule has 1 fully saturated rings. The van der Waals surface area contributed by atoms with Crippen molar-refractivity contribution in [1.29, 1.82) is 0 Å². The Balaban J connectivity index is 1.87. The Hall–Kier alpha value is -4.28. The molecule has 2 aromatic heterocycles. The highest BCUT2D eigenvalue weighted by atomic mass is 19.4. The van der Waals surface area contributed by atoms with E-state index in [1.807, 2.05) is 0 Å². The predicted molar refractivity (Wildman–Crippen MR) is 109 cm³/mol. The standard InChI is InChI=1S/C22H15F3N4O4/c1-12-2-7-16(28-27-12)29-18(13-3-5-15(6-4-13)33-22(23,24)25)17(20(31)21(29)32)19(30)14-8-10-26-11-9-14/h2-11,18,30H,1H3/b19-17-. The number of pyridine rings is 1. The molecule has 1 aliphatic heterocycles. The third-order valence-corrected chi connectivity index (χ3v) is 4.86. The molecule has 0 aliphatic carbocycles. The van der Waals surface area contributed by atoms with Gasteiger partial charge in [-0.05, 0) is 48.9 Å². The average molecular weight is 456 g/mol. The summed E-state index contributed by atoms with van der Waals surface area (Å²) in [4.78, 5) is 30.8. The smallest absolute Gasteiger partial charge is 0.507 e. The van der Waals surface area contributed by atoms with E-state index in [4.69, 9.17) is 0 Å². The molecule has 0 radical (unpaired) electrons. The molecule has 3 aromatic rings. The number of ether oxygens (including phenoxy) is 1. The van der Waals surface area contributed by atoms with Crippen molar-refractivity contribution in [3.05, 3.63) is 83.3 Å². The number of aliphatic hydroxyl groups excluding tert-OH is 1. The molecule has 0 saturated carbocycles.